The molecule has 0 fully saturated rings. The molecule has 92 valence electrons. The van der Waals surface area contributed by atoms with E-state index in [1.54, 1.807) is 0 Å². The summed E-state index contributed by atoms with van der Waals surface area (Å²) in [5.41, 5.74) is 3.50. The summed E-state index contributed by atoms with van der Waals surface area (Å²) < 4.78 is 2.27. The number of hydrogen-bond donors (Lipinski definition) is 0. The van der Waals surface area contributed by atoms with Crippen molar-refractivity contribution in [2.24, 2.45) is 0 Å². The van der Waals surface area contributed by atoms with Crippen LogP contribution in [0.3, 0.4) is 0 Å². The summed E-state index contributed by atoms with van der Waals surface area (Å²) >= 11 is 7.85. The van der Waals surface area contributed by atoms with E-state index < -0.39 is 0 Å². The molecule has 0 N–H and O–H groups in total. The predicted molar refractivity (Wildman–Crippen MR) is 77.1 cm³/mol. The van der Waals surface area contributed by atoms with Crippen molar-refractivity contribution >= 4 is 34.4 Å². The van der Waals surface area contributed by atoms with Crippen LogP contribution in [0.1, 0.15) is 24.4 Å². The molecule has 0 amide bonds. The first-order chi connectivity index (χ1) is 8.17. The molecule has 2 nitrogen and oxygen atoms in total. The Balaban J connectivity index is 2.60. The number of aryl methyl sites for hydroxylation is 1. The molecule has 1 unspecified atom stereocenters. The minimum Gasteiger partial charge on any atom is -0.323 e. The maximum absolute atomic E-state index is 6.00. The lowest BCUT2D eigenvalue weighted by Crippen LogP contribution is -2.10. The van der Waals surface area contributed by atoms with Gasteiger partial charge in [0, 0.05) is 11.8 Å². The van der Waals surface area contributed by atoms with Crippen molar-refractivity contribution in [2.45, 2.75) is 25.8 Å². The van der Waals surface area contributed by atoms with E-state index in [2.05, 4.69) is 47.9 Å². The van der Waals surface area contributed by atoms with E-state index in [9.17, 15) is 0 Å². The maximum atomic E-state index is 6.00. The molecular weight excluding hydrogens is 252 g/mol. The van der Waals surface area contributed by atoms with Crippen LogP contribution in [0.5, 0.6) is 0 Å². The number of aromatic nitrogens is 2. The van der Waals surface area contributed by atoms with Gasteiger partial charge < -0.3 is 4.57 Å². The van der Waals surface area contributed by atoms with Crippen LogP contribution < -0.4 is 0 Å². The molecule has 0 aliphatic carbocycles. The summed E-state index contributed by atoms with van der Waals surface area (Å²) in [5.74, 6) is 2.50. The van der Waals surface area contributed by atoms with E-state index in [0.717, 1.165) is 17.1 Å². The van der Waals surface area contributed by atoms with Gasteiger partial charge in [0.1, 0.15) is 5.82 Å². The molecule has 1 aromatic carbocycles. The number of imidazole rings is 1. The standard InChI is InChI=1S/C13H17ClN2S/c1-9-4-5-11-12(6-9)16(10(2)8-17-3)13(7-14)15-11/h4-6,10H,7-8H2,1-3H3. The number of nitrogens with zero attached hydrogens (tertiary/aromatic N) is 2. The van der Waals surface area contributed by atoms with E-state index in [1.165, 1.54) is 11.1 Å². The molecule has 0 aliphatic heterocycles. The zero-order chi connectivity index (χ0) is 12.4. The number of hydrogen-bond acceptors (Lipinski definition) is 2. The van der Waals surface area contributed by atoms with Gasteiger partial charge >= 0.3 is 0 Å². The normalized spacial score (nSPS) is 13.2. The molecule has 2 rings (SSSR count). The molecule has 0 spiro atoms. The minimum atomic E-state index is 0.422. The second-order valence-corrected chi connectivity index (χ2v) is 5.51. The fraction of sp³-hybridized carbons (Fsp3) is 0.462. The quantitative estimate of drug-likeness (QED) is 0.780. The van der Waals surface area contributed by atoms with E-state index in [0.29, 0.717) is 11.9 Å². The Morgan fingerprint density at radius 1 is 1.47 bits per heavy atom. The van der Waals surface area contributed by atoms with Gasteiger partial charge in [0.15, 0.2) is 0 Å². The van der Waals surface area contributed by atoms with Gasteiger partial charge in [-0.2, -0.15) is 11.8 Å². The Bertz CT molecular complexity index is 521. The highest BCUT2D eigenvalue weighted by molar-refractivity contribution is 7.98. The lowest BCUT2D eigenvalue weighted by Gasteiger charge is -2.15. The Kier molecular flexibility index (Phi) is 4.00. The van der Waals surface area contributed by atoms with Crippen LogP contribution in [0.25, 0.3) is 11.0 Å². The third-order valence-corrected chi connectivity index (χ3v) is 3.94. The highest BCUT2D eigenvalue weighted by atomic mass is 35.5. The molecule has 0 bridgehead atoms. The van der Waals surface area contributed by atoms with Crippen LogP contribution in [-0.4, -0.2) is 21.6 Å². The summed E-state index contributed by atoms with van der Waals surface area (Å²) in [6, 6.07) is 6.78. The van der Waals surface area contributed by atoms with Crippen LogP contribution in [0.15, 0.2) is 18.2 Å². The van der Waals surface area contributed by atoms with Crippen molar-refractivity contribution in [1.82, 2.24) is 9.55 Å². The molecule has 1 aromatic heterocycles. The third kappa shape index (κ3) is 2.45. The molecule has 0 saturated heterocycles. The van der Waals surface area contributed by atoms with Gasteiger partial charge in [-0.05, 0) is 37.8 Å². The zero-order valence-corrected chi connectivity index (χ0v) is 12.0. The van der Waals surface area contributed by atoms with Crippen LogP contribution in [0.4, 0.5) is 0 Å². The Labute approximate surface area is 111 Å². The van der Waals surface area contributed by atoms with Gasteiger partial charge in [0.05, 0.1) is 16.9 Å². The molecule has 2 aromatic rings. The van der Waals surface area contributed by atoms with Gasteiger partial charge in [0.2, 0.25) is 0 Å². The minimum absolute atomic E-state index is 0.422. The number of alkyl halides is 1. The number of rotatable bonds is 4. The van der Waals surface area contributed by atoms with Crippen molar-refractivity contribution in [2.75, 3.05) is 12.0 Å². The van der Waals surface area contributed by atoms with Crippen molar-refractivity contribution < 1.29 is 0 Å². The fourth-order valence-corrected chi connectivity index (χ4v) is 2.97. The molecule has 1 heterocycles. The smallest absolute Gasteiger partial charge is 0.125 e. The van der Waals surface area contributed by atoms with E-state index >= 15 is 0 Å². The Morgan fingerprint density at radius 2 is 2.24 bits per heavy atom. The van der Waals surface area contributed by atoms with E-state index in [4.69, 9.17) is 11.6 Å². The molecule has 0 saturated carbocycles. The van der Waals surface area contributed by atoms with Crippen LogP contribution in [0, 0.1) is 6.92 Å². The number of halogens is 1. The summed E-state index contributed by atoms with van der Waals surface area (Å²) in [4.78, 5) is 4.60. The highest BCUT2D eigenvalue weighted by Crippen LogP contribution is 2.24. The first-order valence-corrected chi connectivity index (χ1v) is 7.62. The first kappa shape index (κ1) is 12.8. The Hall–Kier alpha value is -0.670. The number of fused-ring (bicyclic) bond motifs is 1. The molecule has 1 atom stereocenters. The second-order valence-electron chi connectivity index (χ2n) is 4.33. The average Bonchev–Trinajstić information content (AvgIpc) is 2.66. The summed E-state index contributed by atoms with van der Waals surface area (Å²) in [6.07, 6.45) is 2.13. The first-order valence-electron chi connectivity index (χ1n) is 5.69. The van der Waals surface area contributed by atoms with E-state index in [-0.39, 0.29) is 0 Å². The number of thioether (sulfide) groups is 1. The third-order valence-electron chi connectivity index (χ3n) is 2.89. The van der Waals surface area contributed by atoms with Crippen molar-refractivity contribution in [1.29, 1.82) is 0 Å². The Morgan fingerprint density at radius 3 is 2.88 bits per heavy atom. The van der Waals surface area contributed by atoms with Gasteiger partial charge in [-0.1, -0.05) is 6.07 Å². The molecule has 0 radical (unpaired) electrons. The zero-order valence-electron chi connectivity index (χ0n) is 10.4. The predicted octanol–water partition coefficient (Wildman–Crippen LogP) is 4.01. The van der Waals surface area contributed by atoms with Crippen LogP contribution in [0.2, 0.25) is 0 Å². The van der Waals surface area contributed by atoms with Gasteiger partial charge in [-0.25, -0.2) is 4.98 Å². The fourth-order valence-electron chi connectivity index (χ4n) is 2.15. The van der Waals surface area contributed by atoms with Gasteiger partial charge in [-0.3, -0.25) is 0 Å². The summed E-state index contributed by atoms with van der Waals surface area (Å²) in [5, 5.41) is 0. The van der Waals surface area contributed by atoms with Crippen molar-refractivity contribution in [3.05, 3.63) is 29.6 Å². The monoisotopic (exact) mass is 268 g/mol. The molecule has 4 heteroatoms. The lowest BCUT2D eigenvalue weighted by molar-refractivity contribution is 0.606. The maximum Gasteiger partial charge on any atom is 0.125 e. The topological polar surface area (TPSA) is 17.8 Å². The van der Waals surface area contributed by atoms with Gasteiger partial charge in [-0.15, -0.1) is 11.6 Å². The van der Waals surface area contributed by atoms with E-state index in [1.807, 2.05) is 11.8 Å². The van der Waals surface area contributed by atoms with Crippen molar-refractivity contribution in [3.8, 4) is 0 Å². The van der Waals surface area contributed by atoms with Crippen LogP contribution >= 0.6 is 23.4 Å². The average molecular weight is 269 g/mol. The van der Waals surface area contributed by atoms with Crippen molar-refractivity contribution in [3.63, 3.8) is 0 Å². The second kappa shape index (κ2) is 5.32. The molecule has 17 heavy (non-hydrogen) atoms. The highest BCUT2D eigenvalue weighted by Gasteiger charge is 2.14. The summed E-state index contributed by atoms with van der Waals surface area (Å²) in [7, 11) is 0. The van der Waals surface area contributed by atoms with Gasteiger partial charge in [0.25, 0.3) is 0 Å². The number of benzene rings is 1. The SMILES string of the molecule is CSCC(C)n1c(CCl)nc2ccc(C)cc21. The summed E-state index contributed by atoms with van der Waals surface area (Å²) in [6.45, 7) is 4.33. The lowest BCUT2D eigenvalue weighted by atomic mass is 10.2. The van der Waals surface area contributed by atoms with Crippen LogP contribution in [-0.2, 0) is 5.88 Å². The molecule has 0 aliphatic rings. The largest absolute Gasteiger partial charge is 0.323 e. The molecular formula is C13H17ClN2S.